The van der Waals surface area contributed by atoms with E-state index in [1.54, 1.807) is 0 Å². The highest BCUT2D eigenvalue weighted by Crippen LogP contribution is 2.36. The summed E-state index contributed by atoms with van der Waals surface area (Å²) >= 11 is 0. The predicted octanol–water partition coefficient (Wildman–Crippen LogP) is 3.13. The Morgan fingerprint density at radius 2 is 2.16 bits per heavy atom. The van der Waals surface area contributed by atoms with Gasteiger partial charge in [-0.15, -0.1) is 0 Å². The van der Waals surface area contributed by atoms with Crippen molar-refractivity contribution in [2.45, 2.75) is 19.0 Å². The second-order valence-corrected chi connectivity index (χ2v) is 4.77. The molecule has 19 heavy (non-hydrogen) atoms. The van der Waals surface area contributed by atoms with Crippen LogP contribution in [0.25, 0.3) is 0 Å². The van der Waals surface area contributed by atoms with Crippen molar-refractivity contribution in [2.24, 2.45) is 5.92 Å². The standard InChI is InChI=1S/C13H17F3N2O/c14-13(15,16)11-6-10(17)3-4-12(11)18-7-9-2-1-5-19-8-9/h3-4,6,9,18H,1-2,5,7-8,17H2. The van der Waals surface area contributed by atoms with Gasteiger partial charge in [-0.3, -0.25) is 0 Å². The molecule has 0 spiro atoms. The molecule has 1 saturated heterocycles. The fourth-order valence-corrected chi connectivity index (χ4v) is 2.17. The van der Waals surface area contributed by atoms with Gasteiger partial charge in [0.1, 0.15) is 0 Å². The van der Waals surface area contributed by atoms with Gasteiger partial charge in [-0.25, -0.2) is 0 Å². The lowest BCUT2D eigenvalue weighted by molar-refractivity contribution is -0.136. The van der Waals surface area contributed by atoms with Gasteiger partial charge in [-0.05, 0) is 37.0 Å². The molecule has 0 amide bonds. The van der Waals surface area contributed by atoms with Crippen LogP contribution in [0.2, 0.25) is 0 Å². The molecule has 0 saturated carbocycles. The maximum Gasteiger partial charge on any atom is 0.418 e. The number of anilines is 2. The van der Waals surface area contributed by atoms with E-state index in [4.69, 9.17) is 10.5 Å². The molecule has 3 N–H and O–H groups in total. The average Bonchev–Trinajstić information content (AvgIpc) is 2.37. The average molecular weight is 274 g/mol. The molecule has 1 aromatic rings. The van der Waals surface area contributed by atoms with E-state index in [9.17, 15) is 13.2 Å². The van der Waals surface area contributed by atoms with Crippen molar-refractivity contribution in [3.63, 3.8) is 0 Å². The highest BCUT2D eigenvalue weighted by Gasteiger charge is 2.33. The van der Waals surface area contributed by atoms with Crippen LogP contribution in [0.15, 0.2) is 18.2 Å². The largest absolute Gasteiger partial charge is 0.418 e. The fraction of sp³-hybridized carbons (Fsp3) is 0.538. The van der Waals surface area contributed by atoms with Crippen molar-refractivity contribution >= 4 is 11.4 Å². The van der Waals surface area contributed by atoms with Gasteiger partial charge in [0.15, 0.2) is 0 Å². The second-order valence-electron chi connectivity index (χ2n) is 4.77. The van der Waals surface area contributed by atoms with Crippen molar-refractivity contribution in [3.05, 3.63) is 23.8 Å². The number of rotatable bonds is 3. The smallest absolute Gasteiger partial charge is 0.399 e. The van der Waals surface area contributed by atoms with E-state index < -0.39 is 11.7 Å². The van der Waals surface area contributed by atoms with Gasteiger partial charge < -0.3 is 15.8 Å². The SMILES string of the molecule is Nc1ccc(NCC2CCCOC2)c(C(F)(F)F)c1. The van der Waals surface area contributed by atoms with E-state index in [0.717, 1.165) is 25.5 Å². The predicted molar refractivity (Wildman–Crippen MR) is 67.9 cm³/mol. The Bertz CT molecular complexity index is 428. The van der Waals surface area contributed by atoms with Crippen LogP contribution >= 0.6 is 0 Å². The summed E-state index contributed by atoms with van der Waals surface area (Å²) in [6.45, 7) is 1.82. The normalized spacial score (nSPS) is 20.3. The van der Waals surface area contributed by atoms with Crippen molar-refractivity contribution in [2.75, 3.05) is 30.8 Å². The lowest BCUT2D eigenvalue weighted by Crippen LogP contribution is -2.25. The monoisotopic (exact) mass is 274 g/mol. The van der Waals surface area contributed by atoms with E-state index in [2.05, 4.69) is 5.32 Å². The minimum atomic E-state index is -4.40. The quantitative estimate of drug-likeness (QED) is 0.832. The number of nitrogen functional groups attached to an aromatic ring is 1. The molecule has 1 fully saturated rings. The first-order valence-electron chi connectivity index (χ1n) is 6.25. The summed E-state index contributed by atoms with van der Waals surface area (Å²) < 4.78 is 43.9. The lowest BCUT2D eigenvalue weighted by Gasteiger charge is -2.23. The second kappa shape index (κ2) is 5.69. The number of nitrogens with one attached hydrogen (secondary N) is 1. The van der Waals surface area contributed by atoms with Gasteiger partial charge in [0, 0.05) is 24.5 Å². The van der Waals surface area contributed by atoms with Gasteiger partial charge in [0.05, 0.1) is 12.2 Å². The number of ether oxygens (including phenoxy) is 1. The van der Waals surface area contributed by atoms with Crippen molar-refractivity contribution in [1.29, 1.82) is 0 Å². The molecule has 1 aromatic carbocycles. The number of alkyl halides is 3. The third-order valence-corrected chi connectivity index (χ3v) is 3.18. The lowest BCUT2D eigenvalue weighted by atomic mass is 10.0. The van der Waals surface area contributed by atoms with E-state index in [0.29, 0.717) is 13.2 Å². The molecule has 106 valence electrons. The summed E-state index contributed by atoms with van der Waals surface area (Å²) in [5.74, 6) is 0.257. The number of hydrogen-bond donors (Lipinski definition) is 2. The minimum Gasteiger partial charge on any atom is -0.399 e. The highest BCUT2D eigenvalue weighted by atomic mass is 19.4. The molecule has 2 rings (SSSR count). The van der Waals surface area contributed by atoms with Crippen molar-refractivity contribution in [1.82, 2.24) is 0 Å². The van der Waals surface area contributed by atoms with Crippen LogP contribution in [0.1, 0.15) is 18.4 Å². The number of halogens is 3. The van der Waals surface area contributed by atoms with E-state index >= 15 is 0 Å². The molecular weight excluding hydrogens is 257 g/mol. The van der Waals surface area contributed by atoms with Gasteiger partial charge in [0.2, 0.25) is 0 Å². The van der Waals surface area contributed by atoms with Crippen LogP contribution in [0.4, 0.5) is 24.5 Å². The minimum absolute atomic E-state index is 0.0762. The molecule has 3 nitrogen and oxygen atoms in total. The molecule has 1 atom stereocenters. The Labute approximate surface area is 109 Å². The summed E-state index contributed by atoms with van der Waals surface area (Å²) in [5.41, 5.74) is 4.88. The third-order valence-electron chi connectivity index (χ3n) is 3.18. The summed E-state index contributed by atoms with van der Waals surface area (Å²) in [7, 11) is 0. The summed E-state index contributed by atoms with van der Waals surface area (Å²) in [5, 5.41) is 2.86. The zero-order valence-corrected chi connectivity index (χ0v) is 10.5. The Morgan fingerprint density at radius 3 is 2.79 bits per heavy atom. The topological polar surface area (TPSA) is 47.3 Å². The first-order chi connectivity index (χ1) is 8.97. The van der Waals surface area contributed by atoms with Crippen molar-refractivity contribution < 1.29 is 17.9 Å². The number of benzene rings is 1. The summed E-state index contributed by atoms with van der Waals surface area (Å²) in [6.07, 6.45) is -2.47. The zero-order chi connectivity index (χ0) is 13.9. The highest BCUT2D eigenvalue weighted by molar-refractivity contribution is 5.59. The van der Waals surface area contributed by atoms with Crippen LogP contribution < -0.4 is 11.1 Å². The Morgan fingerprint density at radius 1 is 1.37 bits per heavy atom. The third kappa shape index (κ3) is 3.76. The van der Waals surface area contributed by atoms with Gasteiger partial charge in [-0.1, -0.05) is 0 Å². The molecule has 1 unspecified atom stereocenters. The number of hydrogen-bond acceptors (Lipinski definition) is 3. The molecule has 0 aliphatic carbocycles. The van der Waals surface area contributed by atoms with Gasteiger partial charge >= 0.3 is 6.18 Å². The van der Waals surface area contributed by atoms with E-state index in [1.807, 2.05) is 0 Å². The Balaban J connectivity index is 2.06. The molecule has 0 bridgehead atoms. The first kappa shape index (κ1) is 14.0. The zero-order valence-electron chi connectivity index (χ0n) is 10.5. The summed E-state index contributed by atoms with van der Waals surface area (Å²) in [4.78, 5) is 0. The molecule has 0 aromatic heterocycles. The van der Waals surface area contributed by atoms with Crippen LogP contribution in [0.5, 0.6) is 0 Å². The Hall–Kier alpha value is -1.43. The maximum atomic E-state index is 12.9. The van der Waals surface area contributed by atoms with Crippen LogP contribution in [-0.2, 0) is 10.9 Å². The molecule has 1 aliphatic rings. The molecular formula is C13H17F3N2O. The molecule has 0 radical (unpaired) electrons. The van der Waals surface area contributed by atoms with E-state index in [-0.39, 0.29) is 17.3 Å². The van der Waals surface area contributed by atoms with Crippen LogP contribution in [0, 0.1) is 5.92 Å². The van der Waals surface area contributed by atoms with E-state index in [1.165, 1.54) is 12.1 Å². The van der Waals surface area contributed by atoms with Gasteiger partial charge in [-0.2, -0.15) is 13.2 Å². The molecule has 1 aliphatic heterocycles. The summed E-state index contributed by atoms with van der Waals surface area (Å²) in [6, 6.07) is 3.80. The first-order valence-corrected chi connectivity index (χ1v) is 6.25. The van der Waals surface area contributed by atoms with Crippen molar-refractivity contribution in [3.8, 4) is 0 Å². The van der Waals surface area contributed by atoms with Crippen LogP contribution in [-0.4, -0.2) is 19.8 Å². The molecule has 1 heterocycles. The number of nitrogens with two attached hydrogens (primary N) is 1. The molecule has 6 heteroatoms. The Kier molecular flexibility index (Phi) is 4.19. The maximum absolute atomic E-state index is 12.9. The fourth-order valence-electron chi connectivity index (χ4n) is 2.17. The van der Waals surface area contributed by atoms with Gasteiger partial charge in [0.25, 0.3) is 0 Å². The van der Waals surface area contributed by atoms with Crippen LogP contribution in [0.3, 0.4) is 0 Å².